The van der Waals surface area contributed by atoms with Crippen molar-refractivity contribution in [2.75, 3.05) is 26.1 Å². The summed E-state index contributed by atoms with van der Waals surface area (Å²) in [5.41, 5.74) is 8.18. The molecule has 2 heterocycles. The Morgan fingerprint density at radius 1 is 1.07 bits per heavy atom. The summed E-state index contributed by atoms with van der Waals surface area (Å²) in [5.74, 6) is 1.60. The Morgan fingerprint density at radius 3 is 2.38 bits per heavy atom. The fourth-order valence-corrected chi connectivity index (χ4v) is 3.04. The lowest BCUT2D eigenvalue weighted by Crippen LogP contribution is -2.31. The number of nitrogens with two attached hydrogens (primary N) is 1. The van der Waals surface area contributed by atoms with Crippen molar-refractivity contribution in [3.63, 3.8) is 0 Å². The molecule has 0 aliphatic rings. The van der Waals surface area contributed by atoms with Gasteiger partial charge in [0.05, 0.1) is 18.6 Å². The molecule has 0 radical (unpaired) electrons. The monoisotopic (exact) mass is 397 g/mol. The third-order valence-electron chi connectivity index (χ3n) is 5.23. The van der Waals surface area contributed by atoms with E-state index in [0.717, 1.165) is 16.7 Å². The van der Waals surface area contributed by atoms with Crippen molar-refractivity contribution in [1.82, 2.24) is 20.1 Å². The average Bonchev–Trinajstić information content (AvgIpc) is 3.20. The SMILES string of the molecule is COCCOCc1nc(C(C)(c2ccc(-c3cnc(N)nc3)cc2)C(C)C)no1. The van der Waals surface area contributed by atoms with Crippen LogP contribution in [0.3, 0.4) is 0 Å². The van der Waals surface area contributed by atoms with Crippen LogP contribution >= 0.6 is 0 Å². The van der Waals surface area contributed by atoms with E-state index in [1.165, 1.54) is 0 Å². The second kappa shape index (κ2) is 9.11. The largest absolute Gasteiger partial charge is 0.382 e. The number of rotatable bonds is 9. The molecule has 0 spiro atoms. The minimum absolute atomic E-state index is 0.244. The lowest BCUT2D eigenvalue weighted by atomic mass is 9.72. The predicted octanol–water partition coefficient (Wildman–Crippen LogP) is 3.23. The molecule has 1 aromatic carbocycles. The number of nitrogen functional groups attached to an aromatic ring is 1. The molecule has 0 aliphatic carbocycles. The summed E-state index contributed by atoms with van der Waals surface area (Å²) >= 11 is 0. The fourth-order valence-electron chi connectivity index (χ4n) is 3.04. The maximum Gasteiger partial charge on any atom is 0.252 e. The highest BCUT2D eigenvalue weighted by Crippen LogP contribution is 2.38. The van der Waals surface area contributed by atoms with Crippen LogP contribution in [0.5, 0.6) is 0 Å². The van der Waals surface area contributed by atoms with Crippen LogP contribution < -0.4 is 5.73 Å². The molecular weight excluding hydrogens is 370 g/mol. The van der Waals surface area contributed by atoms with E-state index >= 15 is 0 Å². The van der Waals surface area contributed by atoms with E-state index in [-0.39, 0.29) is 18.5 Å². The first-order valence-corrected chi connectivity index (χ1v) is 9.53. The van der Waals surface area contributed by atoms with Crippen LogP contribution in [-0.2, 0) is 21.5 Å². The minimum atomic E-state index is -0.412. The first kappa shape index (κ1) is 20.9. The molecule has 0 fully saturated rings. The van der Waals surface area contributed by atoms with Gasteiger partial charge in [0.25, 0.3) is 5.89 Å². The zero-order valence-corrected chi connectivity index (χ0v) is 17.3. The Morgan fingerprint density at radius 2 is 1.76 bits per heavy atom. The highest BCUT2D eigenvalue weighted by Gasteiger charge is 2.37. The summed E-state index contributed by atoms with van der Waals surface area (Å²) in [6.07, 6.45) is 3.43. The highest BCUT2D eigenvalue weighted by molar-refractivity contribution is 5.62. The van der Waals surface area contributed by atoms with Gasteiger partial charge in [0.1, 0.15) is 6.61 Å². The standard InChI is InChI=1S/C21H27N5O3/c1-14(2)21(3,19-25-18(29-26-19)13-28-10-9-27-4)17-7-5-15(6-8-17)16-11-23-20(22)24-12-16/h5-8,11-12,14H,9-10,13H2,1-4H3,(H2,22,23,24). The Bertz CT molecular complexity index is 909. The highest BCUT2D eigenvalue weighted by atomic mass is 16.5. The lowest BCUT2D eigenvalue weighted by molar-refractivity contribution is 0.0494. The van der Waals surface area contributed by atoms with Crippen molar-refractivity contribution in [2.24, 2.45) is 5.92 Å². The van der Waals surface area contributed by atoms with E-state index in [4.69, 9.17) is 19.7 Å². The average molecular weight is 397 g/mol. The van der Waals surface area contributed by atoms with Gasteiger partial charge in [-0.25, -0.2) is 9.97 Å². The number of ether oxygens (including phenoxy) is 2. The topological polar surface area (TPSA) is 109 Å². The fraction of sp³-hybridized carbons (Fsp3) is 0.429. The van der Waals surface area contributed by atoms with Crippen molar-refractivity contribution in [3.05, 3.63) is 53.9 Å². The molecule has 1 unspecified atom stereocenters. The molecule has 1 atom stereocenters. The molecule has 0 saturated heterocycles. The summed E-state index contributed by atoms with van der Waals surface area (Å²) in [4.78, 5) is 12.7. The van der Waals surface area contributed by atoms with Crippen LogP contribution in [0, 0.1) is 5.92 Å². The number of anilines is 1. The van der Waals surface area contributed by atoms with Crippen LogP contribution in [0.1, 0.15) is 38.0 Å². The van der Waals surface area contributed by atoms with Gasteiger partial charge < -0.3 is 19.7 Å². The van der Waals surface area contributed by atoms with Gasteiger partial charge >= 0.3 is 0 Å². The molecule has 0 aliphatic heterocycles. The summed E-state index contributed by atoms with van der Waals surface area (Å²) < 4.78 is 15.9. The van der Waals surface area contributed by atoms with Gasteiger partial charge in [-0.05, 0) is 24.0 Å². The van der Waals surface area contributed by atoms with E-state index in [1.54, 1.807) is 19.5 Å². The maximum atomic E-state index is 5.57. The number of nitrogens with zero attached hydrogens (tertiary/aromatic N) is 4. The summed E-state index contributed by atoms with van der Waals surface area (Å²) in [7, 11) is 1.63. The zero-order chi connectivity index (χ0) is 20.9. The smallest absolute Gasteiger partial charge is 0.252 e. The molecule has 3 aromatic rings. The molecule has 8 nitrogen and oxygen atoms in total. The number of benzene rings is 1. The van der Waals surface area contributed by atoms with Crippen LogP contribution in [0.25, 0.3) is 11.1 Å². The van der Waals surface area contributed by atoms with Crippen molar-refractivity contribution in [2.45, 2.75) is 32.8 Å². The van der Waals surface area contributed by atoms with E-state index < -0.39 is 5.41 Å². The van der Waals surface area contributed by atoms with Crippen molar-refractivity contribution in [3.8, 4) is 11.1 Å². The van der Waals surface area contributed by atoms with E-state index in [2.05, 4.69) is 53.0 Å². The van der Waals surface area contributed by atoms with Gasteiger partial charge in [0.2, 0.25) is 5.95 Å². The molecule has 2 N–H and O–H groups in total. The first-order valence-electron chi connectivity index (χ1n) is 9.53. The van der Waals surface area contributed by atoms with Gasteiger partial charge in [-0.3, -0.25) is 0 Å². The van der Waals surface area contributed by atoms with Gasteiger partial charge in [-0.2, -0.15) is 4.98 Å². The maximum absolute atomic E-state index is 5.57. The second-order valence-corrected chi connectivity index (χ2v) is 7.32. The normalized spacial score (nSPS) is 13.6. The van der Waals surface area contributed by atoms with Gasteiger partial charge in [-0.1, -0.05) is 43.3 Å². The molecule has 2 aromatic heterocycles. The number of hydrogen-bond donors (Lipinski definition) is 1. The Hall–Kier alpha value is -2.84. The van der Waals surface area contributed by atoms with Gasteiger partial charge in [0.15, 0.2) is 5.82 Å². The summed E-state index contributed by atoms with van der Waals surface area (Å²) in [6, 6.07) is 8.24. The third-order valence-corrected chi connectivity index (χ3v) is 5.23. The molecule has 0 amide bonds. The second-order valence-electron chi connectivity index (χ2n) is 7.32. The number of aromatic nitrogens is 4. The van der Waals surface area contributed by atoms with E-state index in [9.17, 15) is 0 Å². The van der Waals surface area contributed by atoms with E-state index in [0.29, 0.717) is 24.9 Å². The molecule has 29 heavy (non-hydrogen) atoms. The predicted molar refractivity (Wildman–Crippen MR) is 109 cm³/mol. The van der Waals surface area contributed by atoms with Crippen LogP contribution in [0.15, 0.2) is 41.2 Å². The van der Waals surface area contributed by atoms with Crippen molar-refractivity contribution >= 4 is 5.95 Å². The van der Waals surface area contributed by atoms with Gasteiger partial charge in [0, 0.05) is 25.1 Å². The lowest BCUT2D eigenvalue weighted by Gasteiger charge is -2.31. The number of hydrogen-bond acceptors (Lipinski definition) is 8. The van der Waals surface area contributed by atoms with Crippen LogP contribution in [0.4, 0.5) is 5.95 Å². The van der Waals surface area contributed by atoms with E-state index in [1.807, 2.05) is 12.1 Å². The molecule has 154 valence electrons. The molecule has 3 rings (SSSR count). The van der Waals surface area contributed by atoms with Crippen molar-refractivity contribution in [1.29, 1.82) is 0 Å². The summed E-state index contributed by atoms with van der Waals surface area (Å²) in [6.45, 7) is 7.68. The minimum Gasteiger partial charge on any atom is -0.382 e. The Balaban J connectivity index is 1.83. The molecular formula is C21H27N5O3. The Kier molecular flexibility index (Phi) is 6.56. The number of methoxy groups -OCH3 is 1. The Labute approximate surface area is 170 Å². The molecule has 0 saturated carbocycles. The third kappa shape index (κ3) is 4.60. The zero-order valence-electron chi connectivity index (χ0n) is 17.3. The molecule has 0 bridgehead atoms. The quantitative estimate of drug-likeness (QED) is 0.548. The summed E-state index contributed by atoms with van der Waals surface area (Å²) in [5, 5.41) is 4.24. The molecule has 8 heteroatoms. The first-order chi connectivity index (χ1) is 13.9. The van der Waals surface area contributed by atoms with Crippen LogP contribution in [0.2, 0.25) is 0 Å². The van der Waals surface area contributed by atoms with Gasteiger partial charge in [-0.15, -0.1) is 0 Å². The van der Waals surface area contributed by atoms with Crippen LogP contribution in [-0.4, -0.2) is 40.4 Å². The van der Waals surface area contributed by atoms with Crippen molar-refractivity contribution < 1.29 is 14.0 Å².